The van der Waals surface area contributed by atoms with Gasteiger partial charge in [-0.2, -0.15) is 0 Å². The normalized spacial score (nSPS) is 19.9. The first-order chi connectivity index (χ1) is 8.65. The van der Waals surface area contributed by atoms with Crippen LogP contribution in [0, 0.1) is 5.41 Å². The summed E-state index contributed by atoms with van der Waals surface area (Å²) < 4.78 is 1.11. The van der Waals surface area contributed by atoms with Crippen molar-refractivity contribution >= 4 is 15.9 Å². The molecule has 1 saturated carbocycles. The van der Waals surface area contributed by atoms with Crippen LogP contribution in [0.2, 0.25) is 0 Å². The summed E-state index contributed by atoms with van der Waals surface area (Å²) in [4.78, 5) is 0. The molecule has 0 aliphatic heterocycles. The molecule has 2 rings (SSSR count). The third-order valence-electron chi connectivity index (χ3n) is 4.15. The van der Waals surface area contributed by atoms with Crippen molar-refractivity contribution in [2.75, 3.05) is 13.2 Å². The molecule has 1 atom stereocenters. The van der Waals surface area contributed by atoms with Crippen molar-refractivity contribution in [2.24, 2.45) is 5.41 Å². The van der Waals surface area contributed by atoms with E-state index < -0.39 is 0 Å². The lowest BCUT2D eigenvalue weighted by Crippen LogP contribution is -2.36. The molecular formula is C15H22BrNO. The highest BCUT2D eigenvalue weighted by molar-refractivity contribution is 9.10. The summed E-state index contributed by atoms with van der Waals surface area (Å²) in [5.41, 5.74) is 1.42. The average Bonchev–Trinajstić information content (AvgIpc) is 2.86. The van der Waals surface area contributed by atoms with E-state index in [4.69, 9.17) is 0 Å². The Morgan fingerprint density at radius 1 is 1.28 bits per heavy atom. The van der Waals surface area contributed by atoms with Gasteiger partial charge in [0.15, 0.2) is 0 Å². The predicted octanol–water partition coefficient (Wildman–Crippen LogP) is 3.65. The van der Waals surface area contributed by atoms with Gasteiger partial charge in [0.25, 0.3) is 0 Å². The van der Waals surface area contributed by atoms with Crippen LogP contribution >= 0.6 is 15.9 Å². The van der Waals surface area contributed by atoms with Gasteiger partial charge >= 0.3 is 0 Å². The fraction of sp³-hybridized carbons (Fsp3) is 0.600. The fourth-order valence-corrected chi connectivity index (χ4v) is 3.02. The van der Waals surface area contributed by atoms with Crippen LogP contribution in [0.4, 0.5) is 0 Å². The van der Waals surface area contributed by atoms with Crippen molar-refractivity contribution in [1.82, 2.24) is 5.32 Å². The first-order valence-corrected chi connectivity index (χ1v) is 7.54. The third-order valence-corrected chi connectivity index (χ3v) is 4.68. The van der Waals surface area contributed by atoms with Gasteiger partial charge in [-0.05, 0) is 37.5 Å². The number of halogens is 1. The van der Waals surface area contributed by atoms with Crippen LogP contribution in [0.5, 0.6) is 0 Å². The van der Waals surface area contributed by atoms with Gasteiger partial charge < -0.3 is 10.4 Å². The summed E-state index contributed by atoms with van der Waals surface area (Å²) in [5.74, 6) is 0. The summed E-state index contributed by atoms with van der Waals surface area (Å²) in [6.07, 6.45) is 4.83. The zero-order chi connectivity index (χ0) is 13.0. The van der Waals surface area contributed by atoms with Gasteiger partial charge in [0.1, 0.15) is 0 Å². The predicted molar refractivity (Wildman–Crippen MR) is 78.5 cm³/mol. The second-order valence-electron chi connectivity index (χ2n) is 5.52. The van der Waals surface area contributed by atoms with Gasteiger partial charge in [-0.15, -0.1) is 0 Å². The minimum Gasteiger partial charge on any atom is -0.396 e. The standard InChI is InChI=1S/C15H22BrNO/c1-12(13-4-6-14(16)7-5-13)17-10-15(11-18)8-2-3-9-15/h4-7,12,17-18H,2-3,8-11H2,1H3. The monoisotopic (exact) mass is 311 g/mol. The molecule has 0 radical (unpaired) electrons. The van der Waals surface area contributed by atoms with E-state index >= 15 is 0 Å². The molecule has 1 unspecified atom stereocenters. The highest BCUT2D eigenvalue weighted by atomic mass is 79.9. The SMILES string of the molecule is CC(NCC1(CO)CCCC1)c1ccc(Br)cc1. The van der Waals surface area contributed by atoms with Crippen LogP contribution in [0.3, 0.4) is 0 Å². The molecule has 100 valence electrons. The summed E-state index contributed by atoms with van der Waals surface area (Å²) in [6, 6.07) is 8.77. The molecule has 18 heavy (non-hydrogen) atoms. The zero-order valence-corrected chi connectivity index (χ0v) is 12.5. The molecular weight excluding hydrogens is 290 g/mol. The molecule has 0 heterocycles. The average molecular weight is 312 g/mol. The van der Waals surface area contributed by atoms with Crippen molar-refractivity contribution in [1.29, 1.82) is 0 Å². The summed E-state index contributed by atoms with van der Waals surface area (Å²) in [5, 5.41) is 13.2. The van der Waals surface area contributed by atoms with Gasteiger partial charge in [-0.25, -0.2) is 0 Å². The molecule has 0 amide bonds. The quantitative estimate of drug-likeness (QED) is 0.870. The number of hydrogen-bond acceptors (Lipinski definition) is 2. The fourth-order valence-electron chi connectivity index (χ4n) is 2.75. The lowest BCUT2D eigenvalue weighted by Gasteiger charge is -2.29. The summed E-state index contributed by atoms with van der Waals surface area (Å²) in [6.45, 7) is 3.41. The molecule has 0 bridgehead atoms. The maximum absolute atomic E-state index is 9.59. The van der Waals surface area contributed by atoms with Crippen molar-refractivity contribution in [3.8, 4) is 0 Å². The molecule has 1 aromatic carbocycles. The number of rotatable bonds is 5. The number of aliphatic hydroxyl groups is 1. The van der Waals surface area contributed by atoms with E-state index in [1.165, 1.54) is 18.4 Å². The smallest absolute Gasteiger partial charge is 0.0499 e. The number of benzene rings is 1. The van der Waals surface area contributed by atoms with Gasteiger partial charge in [-0.3, -0.25) is 0 Å². The Kier molecular flexibility index (Phi) is 4.82. The first-order valence-electron chi connectivity index (χ1n) is 6.75. The van der Waals surface area contributed by atoms with E-state index in [0.29, 0.717) is 12.6 Å². The maximum atomic E-state index is 9.59. The van der Waals surface area contributed by atoms with E-state index in [1.54, 1.807) is 0 Å². The summed E-state index contributed by atoms with van der Waals surface area (Å²) >= 11 is 3.45. The van der Waals surface area contributed by atoms with Gasteiger partial charge in [0, 0.05) is 29.1 Å². The molecule has 1 aromatic rings. The molecule has 3 heteroatoms. The molecule has 0 aromatic heterocycles. The Morgan fingerprint density at radius 3 is 2.44 bits per heavy atom. The van der Waals surface area contributed by atoms with E-state index in [-0.39, 0.29) is 5.41 Å². The van der Waals surface area contributed by atoms with E-state index in [9.17, 15) is 5.11 Å². The van der Waals surface area contributed by atoms with Crippen LogP contribution in [-0.4, -0.2) is 18.3 Å². The highest BCUT2D eigenvalue weighted by Crippen LogP contribution is 2.37. The van der Waals surface area contributed by atoms with Crippen LogP contribution in [0.25, 0.3) is 0 Å². The van der Waals surface area contributed by atoms with Crippen LogP contribution < -0.4 is 5.32 Å². The minimum absolute atomic E-state index is 0.129. The third kappa shape index (κ3) is 3.34. The lowest BCUT2D eigenvalue weighted by atomic mass is 9.87. The Morgan fingerprint density at radius 2 is 1.89 bits per heavy atom. The van der Waals surface area contributed by atoms with Gasteiger partial charge in [0.2, 0.25) is 0 Å². The van der Waals surface area contributed by atoms with Crippen molar-refractivity contribution in [2.45, 2.75) is 38.6 Å². The number of aliphatic hydroxyl groups excluding tert-OH is 1. The van der Waals surface area contributed by atoms with Crippen molar-refractivity contribution in [3.05, 3.63) is 34.3 Å². The summed E-state index contributed by atoms with van der Waals surface area (Å²) in [7, 11) is 0. The largest absolute Gasteiger partial charge is 0.396 e. The highest BCUT2D eigenvalue weighted by Gasteiger charge is 2.33. The number of hydrogen-bond donors (Lipinski definition) is 2. The topological polar surface area (TPSA) is 32.3 Å². The Bertz CT molecular complexity index is 371. The Balaban J connectivity index is 1.91. The van der Waals surface area contributed by atoms with Crippen molar-refractivity contribution in [3.63, 3.8) is 0 Å². The maximum Gasteiger partial charge on any atom is 0.0499 e. The lowest BCUT2D eigenvalue weighted by molar-refractivity contribution is 0.125. The van der Waals surface area contributed by atoms with E-state index in [1.807, 2.05) is 0 Å². The molecule has 1 aliphatic carbocycles. The second-order valence-corrected chi connectivity index (χ2v) is 6.44. The van der Waals surface area contributed by atoms with Crippen LogP contribution in [-0.2, 0) is 0 Å². The Labute approximate surface area is 118 Å². The van der Waals surface area contributed by atoms with Crippen molar-refractivity contribution < 1.29 is 5.11 Å². The van der Waals surface area contributed by atoms with Crippen LogP contribution in [0.1, 0.15) is 44.2 Å². The number of nitrogens with one attached hydrogen (secondary N) is 1. The first kappa shape index (κ1) is 14.0. The molecule has 2 nitrogen and oxygen atoms in total. The van der Waals surface area contributed by atoms with Crippen LogP contribution in [0.15, 0.2) is 28.7 Å². The molecule has 0 saturated heterocycles. The second kappa shape index (κ2) is 6.18. The van der Waals surface area contributed by atoms with E-state index in [0.717, 1.165) is 23.9 Å². The Hall–Kier alpha value is -0.380. The molecule has 0 spiro atoms. The molecule has 1 aliphatic rings. The minimum atomic E-state index is 0.129. The van der Waals surface area contributed by atoms with E-state index in [2.05, 4.69) is 52.4 Å². The van der Waals surface area contributed by atoms with Gasteiger partial charge in [-0.1, -0.05) is 40.9 Å². The molecule has 1 fully saturated rings. The molecule has 2 N–H and O–H groups in total. The zero-order valence-electron chi connectivity index (χ0n) is 11.0. The van der Waals surface area contributed by atoms with Gasteiger partial charge in [0.05, 0.1) is 0 Å².